The third-order valence-corrected chi connectivity index (χ3v) is 1.77. The highest BCUT2D eigenvalue weighted by atomic mass is 35.5. The summed E-state index contributed by atoms with van der Waals surface area (Å²) < 4.78 is 0. The first-order valence-corrected chi connectivity index (χ1v) is 3.97. The monoisotopic (exact) mass is 241 g/mol. The fraction of sp³-hybridized carbons (Fsp3) is 0. The summed E-state index contributed by atoms with van der Waals surface area (Å²) >= 11 is 0. The predicted octanol–water partition coefficient (Wildman–Crippen LogP) is -0.644. The molecule has 0 radical (unpaired) electrons. The van der Waals surface area contributed by atoms with Gasteiger partial charge in [-0.25, -0.2) is 0 Å². The molecule has 8 heteroatoms. The Morgan fingerprint density at radius 2 is 1.56 bits per heavy atom. The van der Waals surface area contributed by atoms with Crippen molar-refractivity contribution in [2.45, 2.75) is 0 Å². The molecular weight excluding hydrogens is 230 g/mol. The van der Waals surface area contributed by atoms with Crippen molar-refractivity contribution in [3.63, 3.8) is 0 Å². The molecule has 0 fully saturated rings. The molecule has 1 aromatic heterocycles. The van der Waals surface area contributed by atoms with Crippen molar-refractivity contribution in [2.24, 2.45) is 17.2 Å². The summed E-state index contributed by atoms with van der Waals surface area (Å²) in [5, 5.41) is 21.9. The minimum Gasteiger partial charge on any atom is -0.384 e. The zero-order valence-corrected chi connectivity index (χ0v) is 9.06. The van der Waals surface area contributed by atoms with Gasteiger partial charge in [0.05, 0.1) is 5.56 Å². The summed E-state index contributed by atoms with van der Waals surface area (Å²) in [5.41, 5.74) is 16.4. The van der Waals surface area contributed by atoms with E-state index in [0.29, 0.717) is 0 Å². The summed E-state index contributed by atoms with van der Waals surface area (Å²) in [6.07, 6.45) is 1.36. The van der Waals surface area contributed by atoms with Crippen LogP contribution in [0.1, 0.15) is 16.8 Å². The number of nitrogen functional groups attached to an aromatic ring is 3. The van der Waals surface area contributed by atoms with Crippen molar-refractivity contribution in [1.82, 2.24) is 4.98 Å². The average Bonchev–Trinajstić information content (AvgIpc) is 2.16. The van der Waals surface area contributed by atoms with Crippen molar-refractivity contribution < 1.29 is 0 Å². The van der Waals surface area contributed by atoms with E-state index in [0.717, 1.165) is 0 Å². The Kier molecular flexibility index (Phi) is 4.40. The fourth-order valence-electron chi connectivity index (χ4n) is 1.16. The summed E-state index contributed by atoms with van der Waals surface area (Å²) in [7, 11) is 0. The zero-order chi connectivity index (χ0) is 11.6. The minimum absolute atomic E-state index is 0. The molecule has 0 spiro atoms. The van der Waals surface area contributed by atoms with Gasteiger partial charge in [0.25, 0.3) is 0 Å². The van der Waals surface area contributed by atoms with Crippen molar-refractivity contribution in [2.75, 3.05) is 0 Å². The molecule has 0 atom stereocenters. The fourth-order valence-corrected chi connectivity index (χ4v) is 1.16. The van der Waals surface area contributed by atoms with E-state index >= 15 is 0 Å². The van der Waals surface area contributed by atoms with E-state index in [4.69, 9.17) is 33.4 Å². The first kappa shape index (κ1) is 13.8. The van der Waals surface area contributed by atoms with Crippen molar-refractivity contribution in [3.05, 3.63) is 29.1 Å². The molecule has 9 N–H and O–H groups in total. The van der Waals surface area contributed by atoms with Crippen LogP contribution in [0.4, 0.5) is 0 Å². The number of rotatable bonds is 3. The maximum Gasteiger partial charge on any atom is 0.142 e. The second-order valence-corrected chi connectivity index (χ2v) is 2.82. The van der Waals surface area contributed by atoms with Crippen LogP contribution in [0.25, 0.3) is 0 Å². The molecule has 0 amide bonds. The summed E-state index contributed by atoms with van der Waals surface area (Å²) in [6, 6.07) is 1.45. The van der Waals surface area contributed by atoms with Crippen LogP contribution in [-0.4, -0.2) is 22.5 Å². The molecule has 1 rings (SSSR count). The molecule has 7 nitrogen and oxygen atoms in total. The first-order chi connectivity index (χ1) is 6.95. The Morgan fingerprint density at radius 3 is 1.94 bits per heavy atom. The van der Waals surface area contributed by atoms with Crippen molar-refractivity contribution >= 4 is 29.9 Å². The zero-order valence-electron chi connectivity index (χ0n) is 8.24. The first-order valence-electron chi connectivity index (χ1n) is 3.97. The minimum atomic E-state index is -0.321. The van der Waals surface area contributed by atoms with Gasteiger partial charge in [0, 0.05) is 11.8 Å². The summed E-state index contributed by atoms with van der Waals surface area (Å²) in [5.74, 6) is -0.882. The molecule has 0 aliphatic carbocycles. The smallest absolute Gasteiger partial charge is 0.142 e. The van der Waals surface area contributed by atoms with E-state index < -0.39 is 0 Å². The highest BCUT2D eigenvalue weighted by Crippen LogP contribution is 2.10. The number of amidine groups is 3. The molecule has 0 bridgehead atoms. The molecule has 16 heavy (non-hydrogen) atoms. The lowest BCUT2D eigenvalue weighted by Gasteiger charge is -2.10. The van der Waals surface area contributed by atoms with Gasteiger partial charge < -0.3 is 17.2 Å². The van der Waals surface area contributed by atoms with E-state index in [2.05, 4.69) is 4.98 Å². The Morgan fingerprint density at radius 1 is 1.00 bits per heavy atom. The molecule has 0 aliphatic heterocycles. The number of nitrogens with two attached hydrogens (primary N) is 3. The van der Waals surface area contributed by atoms with Crippen LogP contribution in [0.3, 0.4) is 0 Å². The number of halogens is 1. The van der Waals surface area contributed by atoms with Crippen molar-refractivity contribution in [3.8, 4) is 0 Å². The van der Waals surface area contributed by atoms with E-state index in [9.17, 15) is 0 Å². The number of aromatic nitrogens is 1. The van der Waals surface area contributed by atoms with E-state index in [1.165, 1.54) is 12.3 Å². The highest BCUT2D eigenvalue weighted by molar-refractivity contribution is 6.13. The van der Waals surface area contributed by atoms with Gasteiger partial charge >= 0.3 is 0 Å². The van der Waals surface area contributed by atoms with Crippen molar-refractivity contribution in [1.29, 1.82) is 16.2 Å². The van der Waals surface area contributed by atoms with Crippen LogP contribution in [0.5, 0.6) is 0 Å². The molecule has 0 saturated carbocycles. The number of nitrogens with one attached hydrogen (secondary N) is 3. The number of hydrogen-bond donors (Lipinski definition) is 6. The largest absolute Gasteiger partial charge is 0.384 e. The predicted molar refractivity (Wildman–Crippen MR) is 64.5 cm³/mol. The van der Waals surface area contributed by atoms with Gasteiger partial charge in [0.2, 0.25) is 0 Å². The SMILES string of the molecule is Cl.N=C(N)c1ccnc(C(=N)N)c1C(=N)N. The quantitative estimate of drug-likeness (QED) is 0.306. The molecule has 86 valence electrons. The van der Waals surface area contributed by atoms with Gasteiger partial charge in [-0.15, -0.1) is 12.4 Å². The lowest BCUT2D eigenvalue weighted by Crippen LogP contribution is -2.27. The Labute approximate surface area is 98.0 Å². The maximum absolute atomic E-state index is 7.34. The van der Waals surface area contributed by atoms with E-state index in [1.54, 1.807) is 0 Å². The lowest BCUT2D eigenvalue weighted by atomic mass is 10.0. The topological polar surface area (TPSA) is 163 Å². The van der Waals surface area contributed by atoms with E-state index in [-0.39, 0.29) is 46.7 Å². The average molecular weight is 242 g/mol. The van der Waals surface area contributed by atoms with Crippen LogP contribution >= 0.6 is 12.4 Å². The molecule has 0 saturated heterocycles. The molecule has 0 aromatic carbocycles. The molecule has 1 aromatic rings. The molecule has 0 unspecified atom stereocenters. The highest BCUT2D eigenvalue weighted by Gasteiger charge is 2.15. The van der Waals surface area contributed by atoms with Crippen LogP contribution in [0, 0.1) is 16.2 Å². The molecular formula is C8H12ClN7. The summed E-state index contributed by atoms with van der Waals surface area (Å²) in [4.78, 5) is 3.82. The summed E-state index contributed by atoms with van der Waals surface area (Å²) in [6.45, 7) is 0. The van der Waals surface area contributed by atoms with Crippen LogP contribution in [0.2, 0.25) is 0 Å². The normalized spacial score (nSPS) is 9.00. The van der Waals surface area contributed by atoms with Gasteiger partial charge in [0.15, 0.2) is 0 Å². The third-order valence-electron chi connectivity index (χ3n) is 1.77. The van der Waals surface area contributed by atoms with Gasteiger partial charge in [-0.05, 0) is 6.07 Å². The third kappa shape index (κ3) is 2.45. The molecule has 0 aliphatic rings. The van der Waals surface area contributed by atoms with Gasteiger partial charge in [-0.2, -0.15) is 0 Å². The Hall–Kier alpha value is -2.15. The maximum atomic E-state index is 7.34. The Balaban J connectivity index is 0.00000225. The van der Waals surface area contributed by atoms with Crippen LogP contribution in [0.15, 0.2) is 12.3 Å². The number of hydrogen-bond acceptors (Lipinski definition) is 4. The Bertz CT molecular complexity index is 421. The van der Waals surface area contributed by atoms with Crippen LogP contribution < -0.4 is 17.2 Å². The van der Waals surface area contributed by atoms with Gasteiger partial charge in [-0.3, -0.25) is 21.2 Å². The van der Waals surface area contributed by atoms with Gasteiger partial charge in [0.1, 0.15) is 23.2 Å². The number of nitrogens with zero attached hydrogens (tertiary/aromatic N) is 1. The second kappa shape index (κ2) is 5.08. The standard InChI is InChI=1S/C8H11N7.ClH/c9-6(10)3-1-2-15-5(8(13)14)4(3)7(11)12;/h1-2H,(H3,9,10)(H3,11,12)(H3,13,14);1H. The number of pyridine rings is 1. The lowest BCUT2D eigenvalue weighted by molar-refractivity contribution is 1.22. The second-order valence-electron chi connectivity index (χ2n) is 2.82. The van der Waals surface area contributed by atoms with Gasteiger partial charge in [-0.1, -0.05) is 0 Å². The van der Waals surface area contributed by atoms with Crippen LogP contribution in [-0.2, 0) is 0 Å². The molecule has 1 heterocycles. The van der Waals surface area contributed by atoms with E-state index in [1.807, 2.05) is 0 Å².